The molecule has 0 unspecified atom stereocenters. The number of ether oxygens (including phenoxy) is 1. The van der Waals surface area contributed by atoms with E-state index >= 15 is 0 Å². The second-order valence-electron chi connectivity index (χ2n) is 5.04. The first kappa shape index (κ1) is 19.2. The maximum Gasteiger partial charge on any atom is 0.311 e. The lowest BCUT2D eigenvalue weighted by atomic mass is 10.1. The van der Waals surface area contributed by atoms with Crippen LogP contribution in [-0.2, 0) is 20.7 Å². The van der Waals surface area contributed by atoms with E-state index in [0.29, 0.717) is 5.69 Å². The zero-order chi connectivity index (χ0) is 19.1. The Bertz CT molecular complexity index is 896. The lowest BCUT2D eigenvalue weighted by Gasteiger charge is -2.08. The predicted octanol–water partition coefficient (Wildman–Crippen LogP) is 0.315. The molecule has 1 aromatic carbocycles. The molecule has 0 bridgehead atoms. The number of methoxy groups -OCH3 is 1. The summed E-state index contributed by atoms with van der Waals surface area (Å²) in [6, 6.07) is 7.53. The van der Waals surface area contributed by atoms with Crippen LogP contribution in [0.3, 0.4) is 0 Å². The Morgan fingerprint density at radius 3 is 2.73 bits per heavy atom. The van der Waals surface area contributed by atoms with Crippen LogP contribution in [0.5, 0.6) is 0 Å². The fourth-order valence-corrected chi connectivity index (χ4v) is 2.68. The number of H-pyrrole nitrogens is 1. The topological polar surface area (TPSA) is 144 Å². The van der Waals surface area contributed by atoms with Crippen LogP contribution in [0.25, 0.3) is 0 Å². The molecular formula is C16H16N4O5S. The third-order valence-electron chi connectivity index (χ3n) is 3.13. The third-order valence-corrected chi connectivity index (χ3v) is 4.01. The first-order valence-electron chi connectivity index (χ1n) is 7.37. The van der Waals surface area contributed by atoms with Crippen molar-refractivity contribution in [3.63, 3.8) is 0 Å². The molecule has 1 aromatic heterocycles. The number of esters is 1. The summed E-state index contributed by atoms with van der Waals surface area (Å²) in [6.45, 7) is 0. The number of nitrogens with one attached hydrogen (secondary N) is 2. The van der Waals surface area contributed by atoms with Gasteiger partial charge in [-0.3, -0.25) is 19.2 Å². The number of carbonyl (C=O) groups excluding carboxylic acids is 3. The number of hydrogen-bond donors (Lipinski definition) is 3. The Labute approximate surface area is 152 Å². The van der Waals surface area contributed by atoms with E-state index in [4.69, 9.17) is 5.73 Å². The summed E-state index contributed by atoms with van der Waals surface area (Å²) in [7, 11) is 1.24. The Morgan fingerprint density at radius 1 is 1.31 bits per heavy atom. The summed E-state index contributed by atoms with van der Waals surface area (Å²) in [6.07, 6.45) is -0.147. The molecule has 0 aliphatic rings. The molecule has 0 atom stereocenters. The van der Waals surface area contributed by atoms with E-state index < -0.39 is 23.3 Å². The Balaban J connectivity index is 2.03. The van der Waals surface area contributed by atoms with Crippen molar-refractivity contribution >= 4 is 35.2 Å². The number of aromatic nitrogens is 2. The summed E-state index contributed by atoms with van der Waals surface area (Å²) < 4.78 is 4.53. The highest BCUT2D eigenvalue weighted by Gasteiger charge is 2.12. The van der Waals surface area contributed by atoms with Gasteiger partial charge >= 0.3 is 5.97 Å². The molecule has 0 radical (unpaired) electrons. The van der Waals surface area contributed by atoms with Crippen molar-refractivity contribution in [2.45, 2.75) is 11.6 Å². The lowest BCUT2D eigenvalue weighted by Crippen LogP contribution is -2.20. The fraction of sp³-hybridized carbons (Fsp3) is 0.188. The summed E-state index contributed by atoms with van der Waals surface area (Å²) >= 11 is 0.978. The number of thioether (sulfide) groups is 1. The molecule has 0 saturated carbocycles. The third kappa shape index (κ3) is 5.45. The average molecular weight is 376 g/mol. The smallest absolute Gasteiger partial charge is 0.311 e. The second-order valence-corrected chi connectivity index (χ2v) is 6.01. The number of anilines is 1. The summed E-state index contributed by atoms with van der Waals surface area (Å²) in [4.78, 5) is 52.9. The monoisotopic (exact) mass is 376 g/mol. The van der Waals surface area contributed by atoms with Gasteiger partial charge in [-0.2, -0.15) is 0 Å². The number of hydrogen-bond acceptors (Lipinski definition) is 7. The zero-order valence-corrected chi connectivity index (χ0v) is 14.6. The molecule has 26 heavy (non-hydrogen) atoms. The minimum atomic E-state index is -0.657. The number of nitrogens with two attached hydrogens (primary N) is 1. The van der Waals surface area contributed by atoms with Crippen molar-refractivity contribution in [3.8, 4) is 0 Å². The van der Waals surface area contributed by atoms with Crippen LogP contribution >= 0.6 is 11.8 Å². The molecule has 2 rings (SSSR count). The van der Waals surface area contributed by atoms with Crippen molar-refractivity contribution < 1.29 is 19.1 Å². The van der Waals surface area contributed by atoms with E-state index in [1.165, 1.54) is 19.2 Å². The van der Waals surface area contributed by atoms with Gasteiger partial charge in [0.1, 0.15) is 0 Å². The number of carbonyl (C=O) groups is 3. The van der Waals surface area contributed by atoms with E-state index in [9.17, 15) is 19.2 Å². The molecule has 0 fully saturated rings. The first-order chi connectivity index (χ1) is 12.4. The maximum atomic E-state index is 12.1. The van der Waals surface area contributed by atoms with E-state index in [0.717, 1.165) is 11.8 Å². The Morgan fingerprint density at radius 2 is 2.04 bits per heavy atom. The number of aromatic amines is 1. The molecular weight excluding hydrogens is 360 g/mol. The molecule has 4 N–H and O–H groups in total. The van der Waals surface area contributed by atoms with Gasteiger partial charge in [0.15, 0.2) is 5.16 Å². The minimum absolute atomic E-state index is 0.0717. The van der Waals surface area contributed by atoms with Crippen LogP contribution in [0.2, 0.25) is 0 Å². The Hall–Kier alpha value is -3.14. The van der Waals surface area contributed by atoms with Crippen LogP contribution in [0.4, 0.5) is 5.69 Å². The highest BCUT2D eigenvalue weighted by molar-refractivity contribution is 7.99. The highest BCUT2D eigenvalue weighted by Crippen LogP contribution is 2.16. The normalized spacial score (nSPS) is 10.2. The quantitative estimate of drug-likeness (QED) is 0.358. The first-order valence-corrected chi connectivity index (χ1v) is 8.36. The van der Waals surface area contributed by atoms with Crippen LogP contribution in [-0.4, -0.2) is 40.6 Å². The van der Waals surface area contributed by atoms with E-state index in [-0.39, 0.29) is 28.6 Å². The highest BCUT2D eigenvalue weighted by atomic mass is 32.2. The van der Waals surface area contributed by atoms with Crippen LogP contribution in [0.1, 0.15) is 16.1 Å². The zero-order valence-electron chi connectivity index (χ0n) is 13.8. The number of nitrogens with zero attached hydrogens (tertiary/aromatic N) is 1. The fourth-order valence-electron chi connectivity index (χ4n) is 1.99. The minimum Gasteiger partial charge on any atom is -0.469 e. The van der Waals surface area contributed by atoms with Gasteiger partial charge in [0.2, 0.25) is 5.91 Å². The number of amides is 2. The van der Waals surface area contributed by atoms with Gasteiger partial charge in [0, 0.05) is 6.07 Å². The molecule has 0 spiro atoms. The van der Waals surface area contributed by atoms with Crippen LogP contribution < -0.4 is 16.6 Å². The van der Waals surface area contributed by atoms with Crippen molar-refractivity contribution in [1.29, 1.82) is 0 Å². The number of para-hydroxylation sites is 1. The molecule has 0 aliphatic carbocycles. The summed E-state index contributed by atoms with van der Waals surface area (Å²) in [5, 5.41) is 2.77. The second kappa shape index (κ2) is 8.81. The van der Waals surface area contributed by atoms with Crippen molar-refractivity contribution in [3.05, 3.63) is 51.9 Å². The van der Waals surface area contributed by atoms with Crippen molar-refractivity contribution in [2.75, 3.05) is 18.2 Å². The summed E-state index contributed by atoms with van der Waals surface area (Å²) in [5.74, 6) is -1.67. The molecule has 2 aromatic rings. The van der Waals surface area contributed by atoms with Gasteiger partial charge in [-0.15, -0.1) is 0 Å². The number of rotatable bonds is 7. The van der Waals surface area contributed by atoms with Gasteiger partial charge in [0.25, 0.3) is 11.5 Å². The predicted molar refractivity (Wildman–Crippen MR) is 94.9 cm³/mol. The van der Waals surface area contributed by atoms with Crippen molar-refractivity contribution in [2.24, 2.45) is 5.73 Å². The standard InChI is InChI=1S/C16H16N4O5S/c1-25-14(23)7-9-6-12(21)20-16(18-9)26-8-13(22)19-11-5-3-2-4-10(11)15(17)24/h2-6H,7-8H2,1H3,(H2,17,24)(H,19,22)(H,18,20,21). The molecule has 0 saturated heterocycles. The SMILES string of the molecule is COC(=O)Cc1cc(=O)[nH]c(SCC(=O)Nc2ccccc2C(N)=O)n1. The van der Waals surface area contributed by atoms with Crippen LogP contribution in [0.15, 0.2) is 40.3 Å². The van der Waals surface area contributed by atoms with Gasteiger partial charge in [-0.1, -0.05) is 23.9 Å². The summed E-state index contributed by atoms with van der Waals surface area (Å²) in [5.41, 5.74) is 5.54. The lowest BCUT2D eigenvalue weighted by molar-refractivity contribution is -0.139. The largest absolute Gasteiger partial charge is 0.469 e. The van der Waals surface area contributed by atoms with Gasteiger partial charge in [-0.05, 0) is 12.1 Å². The van der Waals surface area contributed by atoms with Gasteiger partial charge < -0.3 is 20.8 Å². The molecule has 0 aliphatic heterocycles. The molecule has 9 nitrogen and oxygen atoms in total. The number of benzene rings is 1. The van der Waals surface area contributed by atoms with E-state index in [2.05, 4.69) is 20.0 Å². The molecule has 10 heteroatoms. The Kier molecular flexibility index (Phi) is 6.50. The van der Waals surface area contributed by atoms with Gasteiger partial charge in [-0.25, -0.2) is 4.98 Å². The molecule has 1 heterocycles. The van der Waals surface area contributed by atoms with Crippen molar-refractivity contribution in [1.82, 2.24) is 9.97 Å². The van der Waals surface area contributed by atoms with Gasteiger partial charge in [0.05, 0.1) is 36.2 Å². The maximum absolute atomic E-state index is 12.1. The van der Waals surface area contributed by atoms with E-state index in [1.54, 1.807) is 18.2 Å². The number of primary amides is 1. The van der Waals surface area contributed by atoms with Crippen LogP contribution in [0, 0.1) is 0 Å². The average Bonchev–Trinajstić information content (AvgIpc) is 2.59. The van der Waals surface area contributed by atoms with E-state index in [1.807, 2.05) is 0 Å². The molecule has 136 valence electrons. The molecule has 2 amide bonds.